The van der Waals surface area contributed by atoms with Crippen molar-refractivity contribution in [2.45, 2.75) is 4.90 Å². The van der Waals surface area contributed by atoms with E-state index in [1.54, 1.807) is 30.5 Å². The van der Waals surface area contributed by atoms with Crippen LogP contribution in [0.1, 0.15) is 10.4 Å². The molecule has 0 fully saturated rings. The summed E-state index contributed by atoms with van der Waals surface area (Å²) in [5.41, 5.74) is 6.82. The lowest BCUT2D eigenvalue weighted by Gasteiger charge is -2.08. The molecule has 3 rings (SSSR count). The second-order valence-corrected chi connectivity index (χ2v) is 6.77. The Balaban J connectivity index is 1.91. The van der Waals surface area contributed by atoms with Gasteiger partial charge in [0.05, 0.1) is 26.1 Å². The Hall–Kier alpha value is -2.02. The van der Waals surface area contributed by atoms with Crippen LogP contribution < -0.4 is 10.5 Å². The molecule has 0 saturated carbocycles. The van der Waals surface area contributed by atoms with Gasteiger partial charge in [0, 0.05) is 17.1 Å². The van der Waals surface area contributed by atoms with Crippen LogP contribution in [0.5, 0.6) is 0 Å². The maximum absolute atomic E-state index is 12.4. The first-order chi connectivity index (χ1) is 11.0. The standard InChI is InChI=1S/C15H11Cl2N3O2S/c16-10-5-6-12(14-13(10)11(17)7-19-14)20-23(22)9-3-1-8(2-4-9)15(18)21/h1-7,19-20H,(H2,18,21). The molecule has 1 atom stereocenters. The largest absolute Gasteiger partial charge is 0.366 e. The van der Waals surface area contributed by atoms with Gasteiger partial charge in [-0.2, -0.15) is 0 Å². The van der Waals surface area contributed by atoms with E-state index in [0.717, 1.165) is 0 Å². The van der Waals surface area contributed by atoms with E-state index in [4.69, 9.17) is 28.9 Å². The number of carbonyl (C=O) groups is 1. The van der Waals surface area contributed by atoms with Crippen LogP contribution in [0.2, 0.25) is 10.0 Å². The van der Waals surface area contributed by atoms with Crippen LogP contribution in [0.3, 0.4) is 0 Å². The monoisotopic (exact) mass is 367 g/mol. The third-order valence-corrected chi connectivity index (χ3v) is 5.01. The van der Waals surface area contributed by atoms with Crippen LogP contribution in [0.25, 0.3) is 10.9 Å². The number of nitrogens with one attached hydrogen (secondary N) is 2. The summed E-state index contributed by atoms with van der Waals surface area (Å²) in [5, 5.41) is 1.66. The molecule has 8 heteroatoms. The topological polar surface area (TPSA) is 88.0 Å². The van der Waals surface area contributed by atoms with Crippen LogP contribution in [0, 0.1) is 0 Å². The molecule has 0 saturated heterocycles. The number of amides is 1. The predicted octanol–water partition coefficient (Wildman–Crippen LogP) is 3.71. The van der Waals surface area contributed by atoms with E-state index in [1.165, 1.54) is 12.1 Å². The molecule has 4 N–H and O–H groups in total. The third-order valence-electron chi connectivity index (χ3n) is 3.29. The highest BCUT2D eigenvalue weighted by molar-refractivity contribution is 7.86. The van der Waals surface area contributed by atoms with E-state index < -0.39 is 16.9 Å². The predicted molar refractivity (Wildman–Crippen MR) is 93.3 cm³/mol. The summed E-state index contributed by atoms with van der Waals surface area (Å²) >= 11 is 12.2. The Morgan fingerprint density at radius 1 is 1.09 bits per heavy atom. The van der Waals surface area contributed by atoms with Crippen LogP contribution in [-0.4, -0.2) is 15.1 Å². The van der Waals surface area contributed by atoms with Gasteiger partial charge in [0.15, 0.2) is 0 Å². The fourth-order valence-electron chi connectivity index (χ4n) is 2.16. The molecule has 0 aliphatic rings. The molecule has 5 nitrogen and oxygen atoms in total. The summed E-state index contributed by atoms with van der Waals surface area (Å²) < 4.78 is 15.3. The molecule has 0 aliphatic carbocycles. The molecule has 0 radical (unpaired) electrons. The highest BCUT2D eigenvalue weighted by Gasteiger charge is 2.13. The number of aromatic nitrogens is 1. The van der Waals surface area contributed by atoms with E-state index in [-0.39, 0.29) is 0 Å². The Morgan fingerprint density at radius 2 is 1.78 bits per heavy atom. The molecule has 2 aromatic carbocycles. The lowest BCUT2D eigenvalue weighted by molar-refractivity contribution is 0.1000. The second kappa shape index (κ2) is 6.23. The van der Waals surface area contributed by atoms with Crippen LogP contribution >= 0.6 is 23.2 Å². The van der Waals surface area contributed by atoms with Gasteiger partial charge in [0.2, 0.25) is 5.91 Å². The van der Waals surface area contributed by atoms with Crippen molar-refractivity contribution in [1.82, 2.24) is 4.98 Å². The Kier molecular flexibility index (Phi) is 4.30. The third kappa shape index (κ3) is 3.06. The van der Waals surface area contributed by atoms with Gasteiger partial charge in [-0.05, 0) is 36.4 Å². The minimum absolute atomic E-state index is 0.357. The van der Waals surface area contributed by atoms with Gasteiger partial charge >= 0.3 is 0 Å². The normalized spacial score (nSPS) is 12.3. The van der Waals surface area contributed by atoms with E-state index in [9.17, 15) is 9.00 Å². The first kappa shape index (κ1) is 15.9. The molecule has 1 amide bonds. The van der Waals surface area contributed by atoms with Crippen molar-refractivity contribution in [2.24, 2.45) is 5.73 Å². The number of anilines is 1. The van der Waals surface area contributed by atoms with Gasteiger partial charge in [0.1, 0.15) is 11.0 Å². The summed E-state index contributed by atoms with van der Waals surface area (Å²) in [6.07, 6.45) is 1.62. The lowest BCUT2D eigenvalue weighted by Crippen LogP contribution is -2.11. The average molecular weight is 368 g/mol. The average Bonchev–Trinajstić information content (AvgIpc) is 2.93. The van der Waals surface area contributed by atoms with Gasteiger partial charge in [-0.25, -0.2) is 4.21 Å². The van der Waals surface area contributed by atoms with Crippen LogP contribution in [-0.2, 0) is 11.0 Å². The molecular weight excluding hydrogens is 357 g/mol. The summed E-state index contributed by atoms with van der Waals surface area (Å²) in [4.78, 5) is 14.6. The minimum atomic E-state index is -1.52. The SMILES string of the molecule is NC(=O)c1ccc(S(=O)Nc2ccc(Cl)c3c(Cl)c[nH]c23)cc1. The van der Waals surface area contributed by atoms with Crippen molar-refractivity contribution < 1.29 is 9.00 Å². The first-order valence-corrected chi connectivity index (χ1v) is 8.41. The van der Waals surface area contributed by atoms with Gasteiger partial charge in [-0.3, -0.25) is 9.52 Å². The summed E-state index contributed by atoms with van der Waals surface area (Å²) in [6, 6.07) is 9.61. The number of halogens is 2. The quantitative estimate of drug-likeness (QED) is 0.656. The summed E-state index contributed by atoms with van der Waals surface area (Å²) in [7, 11) is -1.52. The number of carbonyl (C=O) groups excluding carboxylic acids is 1. The van der Waals surface area contributed by atoms with Gasteiger partial charge in [-0.1, -0.05) is 23.2 Å². The molecular formula is C15H11Cl2N3O2S. The van der Waals surface area contributed by atoms with Gasteiger partial charge in [0.25, 0.3) is 0 Å². The zero-order valence-electron chi connectivity index (χ0n) is 11.6. The van der Waals surface area contributed by atoms with Crippen molar-refractivity contribution in [2.75, 3.05) is 4.72 Å². The number of benzene rings is 2. The number of hydrogen-bond donors (Lipinski definition) is 3. The minimum Gasteiger partial charge on any atom is -0.366 e. The van der Waals surface area contributed by atoms with Crippen LogP contribution in [0.15, 0.2) is 47.5 Å². The smallest absolute Gasteiger partial charge is 0.248 e. The fourth-order valence-corrected chi connectivity index (χ4v) is 3.58. The van der Waals surface area contributed by atoms with E-state index in [2.05, 4.69) is 9.71 Å². The number of nitrogens with two attached hydrogens (primary N) is 1. The second-order valence-electron chi connectivity index (χ2n) is 4.74. The number of rotatable bonds is 4. The zero-order valence-corrected chi connectivity index (χ0v) is 13.9. The maximum atomic E-state index is 12.4. The van der Waals surface area contributed by atoms with Crippen molar-refractivity contribution in [1.29, 1.82) is 0 Å². The maximum Gasteiger partial charge on any atom is 0.248 e. The Bertz CT molecular complexity index is 922. The van der Waals surface area contributed by atoms with Crippen molar-refractivity contribution in [3.05, 3.63) is 58.2 Å². The first-order valence-electron chi connectivity index (χ1n) is 6.51. The molecule has 1 aromatic heterocycles. The van der Waals surface area contributed by atoms with Gasteiger partial charge < -0.3 is 10.7 Å². The number of primary amides is 1. The van der Waals surface area contributed by atoms with Crippen molar-refractivity contribution >= 4 is 56.7 Å². The number of fused-ring (bicyclic) bond motifs is 1. The Labute approximate surface area is 144 Å². The molecule has 0 aliphatic heterocycles. The molecule has 118 valence electrons. The fraction of sp³-hybridized carbons (Fsp3) is 0. The van der Waals surface area contributed by atoms with E-state index in [0.29, 0.717) is 37.1 Å². The highest BCUT2D eigenvalue weighted by atomic mass is 35.5. The van der Waals surface area contributed by atoms with E-state index in [1.807, 2.05) is 0 Å². The summed E-state index contributed by atoms with van der Waals surface area (Å²) in [5.74, 6) is -0.532. The van der Waals surface area contributed by atoms with E-state index >= 15 is 0 Å². The molecule has 1 unspecified atom stereocenters. The molecule has 23 heavy (non-hydrogen) atoms. The molecule has 3 aromatic rings. The van der Waals surface area contributed by atoms with Crippen molar-refractivity contribution in [3.8, 4) is 0 Å². The molecule has 1 heterocycles. The molecule has 0 spiro atoms. The lowest BCUT2D eigenvalue weighted by atomic mass is 10.2. The number of hydrogen-bond acceptors (Lipinski definition) is 2. The number of aromatic amines is 1. The highest BCUT2D eigenvalue weighted by Crippen LogP contribution is 2.35. The summed E-state index contributed by atoms with van der Waals surface area (Å²) in [6.45, 7) is 0. The van der Waals surface area contributed by atoms with Crippen molar-refractivity contribution in [3.63, 3.8) is 0 Å². The van der Waals surface area contributed by atoms with Crippen LogP contribution in [0.4, 0.5) is 5.69 Å². The molecule has 0 bridgehead atoms. The number of H-pyrrole nitrogens is 1. The zero-order chi connectivity index (χ0) is 16.6. The van der Waals surface area contributed by atoms with Gasteiger partial charge in [-0.15, -0.1) is 0 Å². The Morgan fingerprint density at radius 3 is 2.43 bits per heavy atom.